The summed E-state index contributed by atoms with van der Waals surface area (Å²) in [7, 11) is 1.16. The lowest BCUT2D eigenvalue weighted by Gasteiger charge is -2.32. The van der Waals surface area contributed by atoms with Gasteiger partial charge >= 0.3 is 18.5 Å². The summed E-state index contributed by atoms with van der Waals surface area (Å²) >= 11 is 0. The van der Waals surface area contributed by atoms with Crippen LogP contribution in [0.1, 0.15) is 36.1 Å². The third kappa shape index (κ3) is 5.72. The number of aromatic nitrogens is 1. The van der Waals surface area contributed by atoms with Crippen molar-refractivity contribution in [2.75, 3.05) is 11.9 Å². The van der Waals surface area contributed by atoms with Crippen molar-refractivity contribution in [2.45, 2.75) is 37.8 Å². The van der Waals surface area contributed by atoms with E-state index in [1.807, 2.05) is 0 Å². The predicted molar refractivity (Wildman–Crippen MR) is 118 cm³/mol. The normalized spacial score (nSPS) is 13.0. The van der Waals surface area contributed by atoms with Crippen molar-refractivity contribution in [2.24, 2.45) is 0 Å². The number of pyridine rings is 1. The van der Waals surface area contributed by atoms with E-state index < -0.39 is 52.1 Å². The van der Waals surface area contributed by atoms with Gasteiger partial charge in [0.25, 0.3) is 0 Å². The van der Waals surface area contributed by atoms with Gasteiger partial charge in [0, 0.05) is 25.0 Å². The summed E-state index contributed by atoms with van der Waals surface area (Å²) < 4.78 is 121. The van der Waals surface area contributed by atoms with Gasteiger partial charge in [0.15, 0.2) is 0 Å². The van der Waals surface area contributed by atoms with Crippen molar-refractivity contribution in [1.29, 1.82) is 0 Å². The number of alkyl halides is 9. The first-order chi connectivity index (χ1) is 16.8. The van der Waals surface area contributed by atoms with E-state index in [9.17, 15) is 44.3 Å². The fourth-order valence-corrected chi connectivity index (χ4v) is 3.82. The van der Waals surface area contributed by atoms with Gasteiger partial charge in [-0.25, -0.2) is 0 Å². The van der Waals surface area contributed by atoms with E-state index in [0.717, 1.165) is 44.1 Å². The summed E-state index contributed by atoms with van der Waals surface area (Å²) in [6, 6.07) is 6.59. The predicted octanol–water partition coefficient (Wildman–Crippen LogP) is 7.75. The first-order valence-corrected chi connectivity index (χ1v) is 10.5. The topological polar surface area (TPSA) is 33.2 Å². The van der Waals surface area contributed by atoms with Crippen LogP contribution in [0, 0.1) is 0 Å². The monoisotopic (exact) mass is 534 g/mol. The minimum Gasteiger partial charge on any atom is -0.314 e. The number of benzene rings is 2. The summed E-state index contributed by atoms with van der Waals surface area (Å²) in [4.78, 5) is 18.2. The molecule has 3 rings (SSSR count). The molecule has 0 saturated carbocycles. The SMILES string of the molecule is CN(C(=O)C(C)(C)c1cc(C(F)(F)F)cc(C(F)(F)F)c1)c1ccncc1-c1ccccc1C(F)(F)F. The maximum absolute atomic E-state index is 13.6. The van der Waals surface area contributed by atoms with Crippen LogP contribution in [0.5, 0.6) is 0 Å². The quantitative estimate of drug-likeness (QED) is 0.321. The molecule has 12 heteroatoms. The molecule has 0 atom stereocenters. The van der Waals surface area contributed by atoms with E-state index in [-0.39, 0.29) is 22.9 Å². The molecule has 0 radical (unpaired) electrons. The van der Waals surface area contributed by atoms with Gasteiger partial charge in [-0.3, -0.25) is 9.78 Å². The molecular weight excluding hydrogens is 515 g/mol. The zero-order chi connectivity index (χ0) is 28.0. The van der Waals surface area contributed by atoms with Gasteiger partial charge in [-0.15, -0.1) is 0 Å². The Morgan fingerprint density at radius 1 is 0.730 bits per heavy atom. The van der Waals surface area contributed by atoms with E-state index in [4.69, 9.17) is 0 Å². The summed E-state index contributed by atoms with van der Waals surface area (Å²) in [5, 5.41) is 0. The molecule has 198 valence electrons. The van der Waals surface area contributed by atoms with Gasteiger partial charge in [0.05, 0.1) is 27.8 Å². The van der Waals surface area contributed by atoms with Crippen LogP contribution >= 0.6 is 0 Å². The van der Waals surface area contributed by atoms with E-state index in [0.29, 0.717) is 12.1 Å². The fraction of sp³-hybridized carbons (Fsp3) is 0.280. The van der Waals surface area contributed by atoms with Gasteiger partial charge in [0.2, 0.25) is 5.91 Å². The maximum atomic E-state index is 13.6. The number of carbonyl (C=O) groups is 1. The molecule has 0 bridgehead atoms. The van der Waals surface area contributed by atoms with Crippen LogP contribution in [-0.4, -0.2) is 17.9 Å². The molecule has 1 aromatic heterocycles. The number of anilines is 1. The molecule has 2 aromatic carbocycles. The van der Waals surface area contributed by atoms with Crippen molar-refractivity contribution in [3.8, 4) is 11.1 Å². The molecule has 0 unspecified atom stereocenters. The highest BCUT2D eigenvalue weighted by atomic mass is 19.4. The Morgan fingerprint density at radius 3 is 1.76 bits per heavy atom. The Labute approximate surface area is 205 Å². The number of halogens is 9. The summed E-state index contributed by atoms with van der Waals surface area (Å²) in [5.74, 6) is -0.961. The molecule has 37 heavy (non-hydrogen) atoms. The van der Waals surface area contributed by atoms with Gasteiger partial charge in [-0.1, -0.05) is 18.2 Å². The average Bonchev–Trinajstić information content (AvgIpc) is 2.81. The highest BCUT2D eigenvalue weighted by molar-refractivity contribution is 6.03. The molecule has 0 aliphatic heterocycles. The van der Waals surface area contributed by atoms with Crippen molar-refractivity contribution in [3.63, 3.8) is 0 Å². The molecule has 0 saturated heterocycles. The second-order valence-corrected chi connectivity index (χ2v) is 8.72. The zero-order valence-electron chi connectivity index (χ0n) is 19.5. The maximum Gasteiger partial charge on any atom is 0.417 e. The lowest BCUT2D eigenvalue weighted by atomic mass is 9.81. The molecule has 1 heterocycles. The van der Waals surface area contributed by atoms with Crippen molar-refractivity contribution >= 4 is 11.6 Å². The lowest BCUT2D eigenvalue weighted by molar-refractivity contribution is -0.143. The van der Waals surface area contributed by atoms with Crippen LogP contribution in [0.4, 0.5) is 45.2 Å². The number of likely N-dealkylation sites (N-methyl/N-ethyl adjacent to an activating group) is 1. The number of nitrogens with zero attached hydrogens (tertiary/aromatic N) is 2. The van der Waals surface area contributed by atoms with Crippen molar-refractivity contribution < 1.29 is 44.3 Å². The second kappa shape index (κ2) is 9.38. The van der Waals surface area contributed by atoms with Crippen LogP contribution in [-0.2, 0) is 28.7 Å². The average molecular weight is 534 g/mol. The lowest BCUT2D eigenvalue weighted by Crippen LogP contribution is -2.42. The second-order valence-electron chi connectivity index (χ2n) is 8.72. The third-order valence-electron chi connectivity index (χ3n) is 5.83. The molecule has 0 aliphatic carbocycles. The molecule has 0 N–H and O–H groups in total. The van der Waals surface area contributed by atoms with Crippen LogP contribution in [0.2, 0.25) is 0 Å². The van der Waals surface area contributed by atoms with Gasteiger partial charge in [-0.05, 0) is 55.3 Å². The van der Waals surface area contributed by atoms with Gasteiger partial charge in [-0.2, -0.15) is 39.5 Å². The highest BCUT2D eigenvalue weighted by Gasteiger charge is 2.41. The van der Waals surface area contributed by atoms with E-state index in [1.54, 1.807) is 0 Å². The van der Waals surface area contributed by atoms with Crippen LogP contribution < -0.4 is 4.90 Å². The van der Waals surface area contributed by atoms with E-state index in [2.05, 4.69) is 4.98 Å². The van der Waals surface area contributed by atoms with Crippen LogP contribution in [0.25, 0.3) is 11.1 Å². The van der Waals surface area contributed by atoms with E-state index in [1.165, 1.54) is 24.4 Å². The number of hydrogen-bond donors (Lipinski definition) is 0. The van der Waals surface area contributed by atoms with Crippen molar-refractivity contribution in [3.05, 3.63) is 83.2 Å². The van der Waals surface area contributed by atoms with Crippen LogP contribution in [0.15, 0.2) is 60.9 Å². The molecule has 1 amide bonds. The minimum absolute atomic E-state index is 0.0528. The summed E-state index contributed by atoms with van der Waals surface area (Å²) in [6.07, 6.45) is -12.7. The zero-order valence-corrected chi connectivity index (χ0v) is 19.5. The van der Waals surface area contributed by atoms with Gasteiger partial charge < -0.3 is 4.90 Å². The molecule has 0 aliphatic rings. The molecule has 3 nitrogen and oxygen atoms in total. The third-order valence-corrected chi connectivity index (χ3v) is 5.83. The van der Waals surface area contributed by atoms with Crippen LogP contribution in [0.3, 0.4) is 0 Å². The van der Waals surface area contributed by atoms with E-state index >= 15 is 0 Å². The Balaban J connectivity index is 2.14. The molecule has 0 spiro atoms. The Morgan fingerprint density at radius 2 is 1.24 bits per heavy atom. The highest BCUT2D eigenvalue weighted by Crippen LogP contribution is 2.42. The summed E-state index contributed by atoms with van der Waals surface area (Å²) in [6.45, 7) is 2.26. The number of rotatable bonds is 4. The Kier molecular flexibility index (Phi) is 7.10. The first-order valence-electron chi connectivity index (χ1n) is 10.5. The summed E-state index contributed by atoms with van der Waals surface area (Å²) in [5.41, 5.74) is -7.21. The molecular formula is C25H19F9N2O. The Bertz CT molecular complexity index is 1280. The number of amides is 1. The largest absolute Gasteiger partial charge is 0.417 e. The molecule has 3 aromatic rings. The smallest absolute Gasteiger partial charge is 0.314 e. The van der Waals surface area contributed by atoms with Gasteiger partial charge in [0.1, 0.15) is 0 Å². The molecule has 0 fully saturated rings. The Hall–Kier alpha value is -3.57. The van der Waals surface area contributed by atoms with Crippen molar-refractivity contribution in [1.82, 2.24) is 4.98 Å². The first kappa shape index (κ1) is 28.0. The standard InChI is InChI=1S/C25H19F9N2O/c1-22(2,14-10-15(23(26,27)28)12-16(11-14)24(29,30)31)21(37)36(3)20-8-9-35-13-18(20)17-6-4-5-7-19(17)25(32,33)34/h4-13H,1-3H3. The number of carbonyl (C=O) groups excluding carboxylic acids is 1. The number of hydrogen-bond acceptors (Lipinski definition) is 2. The fourth-order valence-electron chi connectivity index (χ4n) is 3.82. The minimum atomic E-state index is -5.12.